The van der Waals surface area contributed by atoms with Gasteiger partial charge in [-0.2, -0.15) is 0 Å². The zero-order valence-corrected chi connectivity index (χ0v) is 12.4. The summed E-state index contributed by atoms with van der Waals surface area (Å²) in [4.78, 5) is 12.2. The van der Waals surface area contributed by atoms with Crippen LogP contribution in [0.15, 0.2) is 42.5 Å². The Hall–Kier alpha value is -1.80. The number of hydrogen-bond donors (Lipinski definition) is 0. The van der Waals surface area contributed by atoms with E-state index in [2.05, 4.69) is 0 Å². The molecule has 0 saturated heterocycles. The number of Topliss-reactive ketones (excluding diaryl/α,β-unsaturated/α-hetero) is 1. The maximum absolute atomic E-state index is 12.2. The fourth-order valence-corrected chi connectivity index (χ4v) is 2.28. The van der Waals surface area contributed by atoms with Gasteiger partial charge in [0.05, 0.1) is 12.1 Å². The van der Waals surface area contributed by atoms with Gasteiger partial charge in [-0.1, -0.05) is 35.9 Å². The summed E-state index contributed by atoms with van der Waals surface area (Å²) in [7, 11) is 1.64. The third-order valence-corrected chi connectivity index (χ3v) is 3.79. The van der Waals surface area contributed by atoms with Crippen molar-refractivity contribution in [2.75, 3.05) is 7.11 Å². The summed E-state index contributed by atoms with van der Waals surface area (Å²) in [6, 6.07) is 13.3. The molecule has 2 aromatic carbocycles. The molecule has 0 radical (unpaired) electrons. The van der Waals surface area contributed by atoms with E-state index in [4.69, 9.17) is 16.3 Å². The van der Waals surface area contributed by atoms with Gasteiger partial charge < -0.3 is 4.74 Å². The monoisotopic (exact) mass is 288 g/mol. The van der Waals surface area contributed by atoms with Crippen LogP contribution in [-0.2, 0) is 6.42 Å². The SMILES string of the molecule is COc1ccc(CCC(=O)c2cccc(C)c2Cl)cc1. The molecule has 0 spiro atoms. The number of carbonyl (C=O) groups excluding carboxylic acids is 1. The summed E-state index contributed by atoms with van der Waals surface area (Å²) in [5, 5.41) is 0.562. The molecule has 0 unspecified atom stereocenters. The number of ketones is 1. The predicted octanol–water partition coefficient (Wildman–Crippen LogP) is 4.47. The van der Waals surface area contributed by atoms with E-state index in [9.17, 15) is 4.79 Å². The van der Waals surface area contributed by atoms with Crippen molar-refractivity contribution < 1.29 is 9.53 Å². The minimum atomic E-state index is 0.0783. The zero-order chi connectivity index (χ0) is 14.5. The summed E-state index contributed by atoms with van der Waals surface area (Å²) in [5.74, 6) is 0.899. The molecule has 0 aliphatic heterocycles. The highest BCUT2D eigenvalue weighted by Gasteiger charge is 2.11. The van der Waals surface area contributed by atoms with Gasteiger partial charge in [0.25, 0.3) is 0 Å². The molecule has 0 aliphatic carbocycles. The first-order valence-corrected chi connectivity index (χ1v) is 6.91. The van der Waals surface area contributed by atoms with Gasteiger partial charge in [-0.3, -0.25) is 4.79 Å². The number of aryl methyl sites for hydroxylation is 2. The first-order chi connectivity index (χ1) is 9.61. The van der Waals surface area contributed by atoms with Crippen molar-refractivity contribution in [3.8, 4) is 5.75 Å². The molecule has 20 heavy (non-hydrogen) atoms. The molecule has 3 heteroatoms. The smallest absolute Gasteiger partial charge is 0.164 e. The highest BCUT2D eigenvalue weighted by molar-refractivity contribution is 6.34. The van der Waals surface area contributed by atoms with E-state index in [0.29, 0.717) is 23.4 Å². The molecule has 0 amide bonds. The molecule has 2 rings (SSSR count). The summed E-state index contributed by atoms with van der Waals surface area (Å²) in [5.41, 5.74) is 2.66. The summed E-state index contributed by atoms with van der Waals surface area (Å²) >= 11 is 6.17. The van der Waals surface area contributed by atoms with Crippen LogP contribution in [0, 0.1) is 6.92 Å². The lowest BCUT2D eigenvalue weighted by molar-refractivity contribution is 0.0983. The number of benzene rings is 2. The molecule has 2 aromatic rings. The second-order valence-corrected chi connectivity index (χ2v) is 5.09. The molecule has 2 nitrogen and oxygen atoms in total. The summed E-state index contributed by atoms with van der Waals surface area (Å²) in [6.07, 6.45) is 1.16. The van der Waals surface area contributed by atoms with Gasteiger partial charge in [0.1, 0.15) is 5.75 Å². The van der Waals surface area contributed by atoms with Crippen LogP contribution in [-0.4, -0.2) is 12.9 Å². The van der Waals surface area contributed by atoms with E-state index < -0.39 is 0 Å². The number of halogens is 1. The molecular formula is C17H17ClO2. The molecule has 0 aromatic heterocycles. The van der Waals surface area contributed by atoms with E-state index in [0.717, 1.165) is 16.9 Å². The third kappa shape index (κ3) is 3.40. The van der Waals surface area contributed by atoms with Crippen LogP contribution in [0.2, 0.25) is 5.02 Å². The molecule has 0 bridgehead atoms. The Morgan fingerprint density at radius 2 is 1.85 bits per heavy atom. The lowest BCUT2D eigenvalue weighted by Gasteiger charge is -2.06. The highest BCUT2D eigenvalue weighted by atomic mass is 35.5. The van der Waals surface area contributed by atoms with Crippen LogP contribution in [0.25, 0.3) is 0 Å². The second kappa shape index (κ2) is 6.58. The maximum Gasteiger partial charge on any atom is 0.164 e. The molecule has 104 valence electrons. The van der Waals surface area contributed by atoms with Gasteiger partial charge in [-0.25, -0.2) is 0 Å². The van der Waals surface area contributed by atoms with Crippen LogP contribution in [0.1, 0.15) is 27.9 Å². The molecule has 0 aliphatic rings. The average Bonchev–Trinajstić information content (AvgIpc) is 2.48. The van der Waals surface area contributed by atoms with Gasteiger partial charge in [0, 0.05) is 12.0 Å². The molecule has 0 fully saturated rings. The van der Waals surface area contributed by atoms with Crippen molar-refractivity contribution in [2.45, 2.75) is 19.8 Å². The Morgan fingerprint density at radius 1 is 1.15 bits per heavy atom. The van der Waals surface area contributed by atoms with Gasteiger partial charge in [0.15, 0.2) is 5.78 Å². The van der Waals surface area contributed by atoms with Gasteiger partial charge in [0.2, 0.25) is 0 Å². The first kappa shape index (κ1) is 14.6. The Kier molecular flexibility index (Phi) is 4.80. The van der Waals surface area contributed by atoms with Gasteiger partial charge >= 0.3 is 0 Å². The number of methoxy groups -OCH3 is 1. The van der Waals surface area contributed by atoms with Crippen molar-refractivity contribution >= 4 is 17.4 Å². The normalized spacial score (nSPS) is 10.3. The van der Waals surface area contributed by atoms with Crippen LogP contribution in [0.5, 0.6) is 5.75 Å². The zero-order valence-electron chi connectivity index (χ0n) is 11.7. The Bertz CT molecular complexity index is 603. The number of ether oxygens (including phenoxy) is 1. The summed E-state index contributed by atoms with van der Waals surface area (Å²) < 4.78 is 5.11. The lowest BCUT2D eigenvalue weighted by Crippen LogP contribution is -2.03. The molecular weight excluding hydrogens is 272 g/mol. The highest BCUT2D eigenvalue weighted by Crippen LogP contribution is 2.22. The quantitative estimate of drug-likeness (QED) is 0.759. The van der Waals surface area contributed by atoms with Gasteiger partial charge in [-0.15, -0.1) is 0 Å². The van der Waals surface area contributed by atoms with E-state index in [1.807, 2.05) is 43.3 Å². The van der Waals surface area contributed by atoms with Crippen LogP contribution in [0.4, 0.5) is 0 Å². The van der Waals surface area contributed by atoms with Crippen molar-refractivity contribution in [1.82, 2.24) is 0 Å². The Morgan fingerprint density at radius 3 is 2.50 bits per heavy atom. The second-order valence-electron chi connectivity index (χ2n) is 4.71. The first-order valence-electron chi connectivity index (χ1n) is 6.53. The number of carbonyl (C=O) groups is 1. The van der Waals surface area contributed by atoms with Crippen LogP contribution in [0.3, 0.4) is 0 Å². The topological polar surface area (TPSA) is 26.3 Å². The minimum absolute atomic E-state index is 0.0783. The molecule has 0 heterocycles. The molecule has 0 N–H and O–H groups in total. The van der Waals surface area contributed by atoms with Crippen molar-refractivity contribution in [3.63, 3.8) is 0 Å². The fourth-order valence-electron chi connectivity index (χ4n) is 2.05. The van der Waals surface area contributed by atoms with E-state index in [-0.39, 0.29) is 5.78 Å². The van der Waals surface area contributed by atoms with E-state index >= 15 is 0 Å². The minimum Gasteiger partial charge on any atom is -0.497 e. The van der Waals surface area contributed by atoms with Crippen molar-refractivity contribution in [2.24, 2.45) is 0 Å². The van der Waals surface area contributed by atoms with Crippen molar-refractivity contribution in [3.05, 3.63) is 64.2 Å². The third-order valence-electron chi connectivity index (χ3n) is 3.29. The van der Waals surface area contributed by atoms with E-state index in [1.165, 1.54) is 0 Å². The molecule has 0 atom stereocenters. The average molecular weight is 289 g/mol. The van der Waals surface area contributed by atoms with Gasteiger partial charge in [-0.05, 0) is 42.7 Å². The Labute approximate surface area is 124 Å². The largest absolute Gasteiger partial charge is 0.497 e. The predicted molar refractivity (Wildman–Crippen MR) is 81.8 cm³/mol. The standard InChI is InChI=1S/C17H17ClO2/c1-12-4-3-5-15(17(12)18)16(19)11-8-13-6-9-14(20-2)10-7-13/h3-7,9-10H,8,11H2,1-2H3. The van der Waals surface area contributed by atoms with E-state index in [1.54, 1.807) is 13.2 Å². The van der Waals surface area contributed by atoms with Crippen molar-refractivity contribution in [1.29, 1.82) is 0 Å². The number of rotatable bonds is 5. The van der Waals surface area contributed by atoms with Crippen LogP contribution >= 0.6 is 11.6 Å². The van der Waals surface area contributed by atoms with Crippen LogP contribution < -0.4 is 4.74 Å². The lowest BCUT2D eigenvalue weighted by atomic mass is 10.0. The number of hydrogen-bond acceptors (Lipinski definition) is 2. The molecule has 0 saturated carbocycles. The summed E-state index contributed by atoms with van der Waals surface area (Å²) in [6.45, 7) is 1.91. The fraction of sp³-hybridized carbons (Fsp3) is 0.235. The maximum atomic E-state index is 12.2. The Balaban J connectivity index is 2.02.